The summed E-state index contributed by atoms with van der Waals surface area (Å²) in [7, 11) is 0. The first-order chi connectivity index (χ1) is 9.56. The summed E-state index contributed by atoms with van der Waals surface area (Å²) in [5, 5.41) is 8.90. The van der Waals surface area contributed by atoms with Crippen LogP contribution in [0, 0.1) is 12.8 Å². The van der Waals surface area contributed by atoms with Gasteiger partial charge < -0.3 is 10.0 Å². The number of rotatable bonds is 7. The summed E-state index contributed by atoms with van der Waals surface area (Å²) in [4.78, 5) is 24.5. The van der Waals surface area contributed by atoms with E-state index in [0.717, 1.165) is 18.4 Å². The van der Waals surface area contributed by atoms with Gasteiger partial charge in [0.2, 0.25) is 5.91 Å². The maximum Gasteiger partial charge on any atom is 0.323 e. The van der Waals surface area contributed by atoms with Crippen LogP contribution >= 0.6 is 0 Å². The molecule has 1 aromatic carbocycles. The molecule has 0 unspecified atom stereocenters. The molecule has 4 nitrogen and oxygen atoms in total. The SMILES string of the molecule is Cc1ccccc1CCC(=O)N(CC(=O)O)CC1CC1. The molecule has 2 rings (SSSR count). The average molecular weight is 275 g/mol. The van der Waals surface area contributed by atoms with Crippen LogP contribution in [0.15, 0.2) is 24.3 Å². The van der Waals surface area contributed by atoms with Crippen LogP contribution in [-0.2, 0) is 16.0 Å². The number of carbonyl (C=O) groups excluding carboxylic acids is 1. The molecule has 1 saturated carbocycles. The maximum absolute atomic E-state index is 12.2. The van der Waals surface area contributed by atoms with Crippen LogP contribution in [-0.4, -0.2) is 35.0 Å². The van der Waals surface area contributed by atoms with Crippen molar-refractivity contribution in [3.05, 3.63) is 35.4 Å². The van der Waals surface area contributed by atoms with Crippen LogP contribution in [0.25, 0.3) is 0 Å². The Kier molecular flexibility index (Phi) is 4.77. The number of carboxylic acid groups (broad SMARTS) is 1. The molecule has 0 bridgehead atoms. The van der Waals surface area contributed by atoms with Crippen molar-refractivity contribution >= 4 is 11.9 Å². The molecule has 1 amide bonds. The maximum atomic E-state index is 12.2. The van der Waals surface area contributed by atoms with Gasteiger partial charge in [-0.2, -0.15) is 0 Å². The van der Waals surface area contributed by atoms with Crippen molar-refractivity contribution in [2.45, 2.75) is 32.6 Å². The molecule has 0 aliphatic heterocycles. The second kappa shape index (κ2) is 6.55. The number of amides is 1. The minimum atomic E-state index is -0.935. The normalized spacial score (nSPS) is 14.1. The van der Waals surface area contributed by atoms with Gasteiger partial charge in [-0.1, -0.05) is 24.3 Å². The molecule has 0 spiro atoms. The molecule has 1 fully saturated rings. The van der Waals surface area contributed by atoms with Crippen molar-refractivity contribution in [2.75, 3.05) is 13.1 Å². The molecule has 20 heavy (non-hydrogen) atoms. The van der Waals surface area contributed by atoms with Gasteiger partial charge in [-0.3, -0.25) is 9.59 Å². The van der Waals surface area contributed by atoms with Crippen molar-refractivity contribution in [1.29, 1.82) is 0 Å². The molecule has 0 atom stereocenters. The summed E-state index contributed by atoms with van der Waals surface area (Å²) in [5.74, 6) is -0.478. The number of benzene rings is 1. The van der Waals surface area contributed by atoms with Crippen LogP contribution in [0.1, 0.15) is 30.4 Å². The van der Waals surface area contributed by atoms with Crippen LogP contribution in [0.2, 0.25) is 0 Å². The number of aryl methyl sites for hydroxylation is 2. The van der Waals surface area contributed by atoms with Crippen molar-refractivity contribution in [3.63, 3.8) is 0 Å². The zero-order valence-electron chi connectivity index (χ0n) is 11.8. The molecular weight excluding hydrogens is 254 g/mol. The van der Waals surface area contributed by atoms with Crippen LogP contribution in [0.4, 0.5) is 0 Å². The number of carbonyl (C=O) groups is 2. The fourth-order valence-electron chi connectivity index (χ4n) is 2.32. The lowest BCUT2D eigenvalue weighted by molar-refractivity contribution is -0.144. The van der Waals surface area contributed by atoms with Crippen LogP contribution in [0.5, 0.6) is 0 Å². The van der Waals surface area contributed by atoms with Crippen molar-refractivity contribution in [1.82, 2.24) is 4.90 Å². The standard InChI is InChI=1S/C16H21NO3/c1-12-4-2-3-5-14(12)8-9-15(18)17(11-16(19)20)10-13-6-7-13/h2-5,13H,6-11H2,1H3,(H,19,20). The minimum Gasteiger partial charge on any atom is -0.480 e. The van der Waals surface area contributed by atoms with E-state index in [4.69, 9.17) is 5.11 Å². The number of hydrogen-bond donors (Lipinski definition) is 1. The second-order valence-electron chi connectivity index (χ2n) is 5.54. The molecule has 108 valence electrons. The fraction of sp³-hybridized carbons (Fsp3) is 0.500. The largest absolute Gasteiger partial charge is 0.480 e. The predicted octanol–water partition coefficient (Wildman–Crippen LogP) is 2.25. The van der Waals surface area contributed by atoms with Gasteiger partial charge in [0.05, 0.1) is 0 Å². The third kappa shape index (κ3) is 4.37. The minimum absolute atomic E-state index is 0.0532. The monoisotopic (exact) mass is 275 g/mol. The molecule has 0 radical (unpaired) electrons. The number of nitrogens with zero attached hydrogens (tertiary/aromatic N) is 1. The van der Waals surface area contributed by atoms with Crippen molar-refractivity contribution in [2.24, 2.45) is 5.92 Å². The molecule has 0 aromatic heterocycles. The fourth-order valence-corrected chi connectivity index (χ4v) is 2.32. The lowest BCUT2D eigenvalue weighted by Gasteiger charge is -2.20. The van der Waals surface area contributed by atoms with Gasteiger partial charge in [0.15, 0.2) is 0 Å². The Balaban J connectivity index is 1.90. The first kappa shape index (κ1) is 14.6. The highest BCUT2D eigenvalue weighted by Crippen LogP contribution is 2.29. The smallest absolute Gasteiger partial charge is 0.323 e. The van der Waals surface area contributed by atoms with E-state index in [-0.39, 0.29) is 12.5 Å². The van der Waals surface area contributed by atoms with E-state index in [2.05, 4.69) is 0 Å². The summed E-state index contributed by atoms with van der Waals surface area (Å²) in [5.41, 5.74) is 2.33. The zero-order valence-corrected chi connectivity index (χ0v) is 11.8. The molecule has 0 saturated heterocycles. The van der Waals surface area contributed by atoms with Gasteiger partial charge >= 0.3 is 5.97 Å². The van der Waals surface area contributed by atoms with Crippen LogP contribution < -0.4 is 0 Å². The molecular formula is C16H21NO3. The third-order valence-electron chi connectivity index (χ3n) is 3.72. The summed E-state index contributed by atoms with van der Waals surface area (Å²) < 4.78 is 0. The Morgan fingerprint density at radius 3 is 2.60 bits per heavy atom. The third-order valence-corrected chi connectivity index (χ3v) is 3.72. The summed E-state index contributed by atoms with van der Waals surface area (Å²) in [6, 6.07) is 7.99. The Labute approximate surface area is 119 Å². The molecule has 0 heterocycles. The lowest BCUT2D eigenvalue weighted by atomic mass is 10.0. The highest BCUT2D eigenvalue weighted by Gasteiger charge is 2.27. The number of carboxylic acids is 1. The predicted molar refractivity (Wildman–Crippen MR) is 76.4 cm³/mol. The van der Waals surface area contributed by atoms with E-state index in [1.54, 1.807) is 0 Å². The molecule has 1 aliphatic rings. The summed E-state index contributed by atoms with van der Waals surface area (Å²) in [6.45, 7) is 2.45. The first-order valence-electron chi connectivity index (χ1n) is 7.10. The Bertz CT molecular complexity index is 494. The summed E-state index contributed by atoms with van der Waals surface area (Å²) >= 11 is 0. The highest BCUT2D eigenvalue weighted by molar-refractivity contribution is 5.81. The van der Waals surface area contributed by atoms with E-state index in [1.165, 1.54) is 10.5 Å². The van der Waals surface area contributed by atoms with Crippen molar-refractivity contribution < 1.29 is 14.7 Å². The second-order valence-corrected chi connectivity index (χ2v) is 5.54. The summed E-state index contributed by atoms with van der Waals surface area (Å²) in [6.07, 6.45) is 3.28. The van der Waals surface area contributed by atoms with E-state index < -0.39 is 5.97 Å². The van der Waals surface area contributed by atoms with E-state index in [0.29, 0.717) is 25.3 Å². The zero-order chi connectivity index (χ0) is 14.5. The molecule has 1 aliphatic carbocycles. The van der Waals surface area contributed by atoms with Gasteiger partial charge in [0.1, 0.15) is 6.54 Å². The van der Waals surface area contributed by atoms with E-state index in [9.17, 15) is 9.59 Å². The Morgan fingerprint density at radius 1 is 1.30 bits per heavy atom. The van der Waals surface area contributed by atoms with E-state index in [1.807, 2.05) is 31.2 Å². The number of hydrogen-bond acceptors (Lipinski definition) is 2. The Morgan fingerprint density at radius 2 is 2.00 bits per heavy atom. The molecule has 4 heteroatoms. The van der Waals surface area contributed by atoms with Gasteiger partial charge in [0.25, 0.3) is 0 Å². The van der Waals surface area contributed by atoms with Crippen molar-refractivity contribution in [3.8, 4) is 0 Å². The quantitative estimate of drug-likeness (QED) is 0.830. The van der Waals surface area contributed by atoms with Gasteiger partial charge in [-0.05, 0) is 43.2 Å². The average Bonchev–Trinajstić information content (AvgIpc) is 3.20. The topological polar surface area (TPSA) is 57.6 Å². The van der Waals surface area contributed by atoms with Gasteiger partial charge in [0, 0.05) is 13.0 Å². The van der Waals surface area contributed by atoms with Crippen LogP contribution in [0.3, 0.4) is 0 Å². The molecule has 1 N–H and O–H groups in total. The Hall–Kier alpha value is -1.84. The van der Waals surface area contributed by atoms with Gasteiger partial charge in [-0.25, -0.2) is 0 Å². The highest BCUT2D eigenvalue weighted by atomic mass is 16.4. The first-order valence-corrected chi connectivity index (χ1v) is 7.10. The molecule has 1 aromatic rings. The lowest BCUT2D eigenvalue weighted by Crippen LogP contribution is -2.37. The number of aliphatic carboxylic acids is 1. The van der Waals surface area contributed by atoms with E-state index >= 15 is 0 Å². The van der Waals surface area contributed by atoms with Gasteiger partial charge in [-0.15, -0.1) is 0 Å².